The number of carbonyl (C=O) groups is 1. The van der Waals surface area contributed by atoms with E-state index in [1.807, 2.05) is 13.8 Å². The van der Waals surface area contributed by atoms with E-state index in [9.17, 15) is 9.90 Å². The second-order valence-electron chi connectivity index (χ2n) is 4.56. The summed E-state index contributed by atoms with van der Waals surface area (Å²) in [4.78, 5) is 11.9. The number of ether oxygens (including phenoxy) is 1. The summed E-state index contributed by atoms with van der Waals surface area (Å²) < 4.78 is 6.13. The summed E-state index contributed by atoms with van der Waals surface area (Å²) in [6, 6.07) is 5.08. The Hall–Kier alpha value is -0.780. The molecule has 0 heterocycles. The van der Waals surface area contributed by atoms with E-state index in [0.29, 0.717) is 28.1 Å². The zero-order valence-electron chi connectivity index (χ0n) is 11.6. The van der Waals surface area contributed by atoms with Crippen LogP contribution < -0.4 is 10.1 Å². The minimum atomic E-state index is -0.572. The summed E-state index contributed by atoms with van der Waals surface area (Å²) in [6.07, 6.45) is 1.33. The fourth-order valence-electron chi connectivity index (χ4n) is 1.76. The van der Waals surface area contributed by atoms with E-state index in [1.54, 1.807) is 18.2 Å². The highest BCUT2D eigenvalue weighted by Crippen LogP contribution is 2.27. The Morgan fingerprint density at radius 3 is 2.60 bits per heavy atom. The molecule has 0 unspecified atom stereocenters. The standard InChI is InChI=1S/C14H19BrClNO3/c1-3-14(4-2,9-18)17-13(19)8-20-12-6-5-10(16)7-11(12)15/h5-7,18H,3-4,8-9H2,1-2H3,(H,17,19). The van der Waals surface area contributed by atoms with E-state index in [2.05, 4.69) is 21.2 Å². The molecule has 0 spiro atoms. The number of aliphatic hydroxyl groups excluding tert-OH is 1. The molecule has 2 N–H and O–H groups in total. The van der Waals surface area contributed by atoms with E-state index in [0.717, 1.165) is 0 Å². The van der Waals surface area contributed by atoms with Gasteiger partial charge in [0, 0.05) is 5.02 Å². The fraction of sp³-hybridized carbons (Fsp3) is 0.500. The van der Waals surface area contributed by atoms with Gasteiger partial charge >= 0.3 is 0 Å². The van der Waals surface area contributed by atoms with Crippen LogP contribution in [-0.4, -0.2) is 29.8 Å². The van der Waals surface area contributed by atoms with Gasteiger partial charge in [0.15, 0.2) is 6.61 Å². The predicted octanol–water partition coefficient (Wildman–Crippen LogP) is 3.15. The predicted molar refractivity (Wildman–Crippen MR) is 83.2 cm³/mol. The lowest BCUT2D eigenvalue weighted by atomic mass is 9.94. The number of carbonyl (C=O) groups excluding carboxylic acids is 1. The van der Waals surface area contributed by atoms with Crippen LogP contribution in [0.1, 0.15) is 26.7 Å². The van der Waals surface area contributed by atoms with Crippen molar-refractivity contribution in [3.8, 4) is 5.75 Å². The van der Waals surface area contributed by atoms with Crippen molar-refractivity contribution in [2.75, 3.05) is 13.2 Å². The molecule has 0 aliphatic heterocycles. The van der Waals surface area contributed by atoms with Gasteiger partial charge in [-0.1, -0.05) is 25.4 Å². The van der Waals surface area contributed by atoms with Crippen LogP contribution in [0.15, 0.2) is 22.7 Å². The summed E-state index contributed by atoms with van der Waals surface area (Å²) in [5.41, 5.74) is -0.572. The fourth-order valence-corrected chi connectivity index (χ4v) is 2.55. The first kappa shape index (κ1) is 17.3. The van der Waals surface area contributed by atoms with Crippen molar-refractivity contribution >= 4 is 33.4 Å². The second-order valence-corrected chi connectivity index (χ2v) is 5.85. The maximum Gasteiger partial charge on any atom is 0.258 e. The van der Waals surface area contributed by atoms with Gasteiger partial charge in [0.25, 0.3) is 5.91 Å². The maximum atomic E-state index is 11.9. The first-order valence-electron chi connectivity index (χ1n) is 6.46. The third-order valence-electron chi connectivity index (χ3n) is 3.31. The van der Waals surface area contributed by atoms with Gasteiger partial charge in [0.2, 0.25) is 0 Å². The third kappa shape index (κ3) is 4.65. The molecular weight excluding hydrogens is 346 g/mol. The van der Waals surface area contributed by atoms with Crippen molar-refractivity contribution in [1.82, 2.24) is 5.32 Å². The normalized spacial score (nSPS) is 11.2. The monoisotopic (exact) mass is 363 g/mol. The molecule has 20 heavy (non-hydrogen) atoms. The van der Waals surface area contributed by atoms with Crippen LogP contribution in [-0.2, 0) is 4.79 Å². The number of aliphatic hydroxyl groups is 1. The van der Waals surface area contributed by atoms with Crippen molar-refractivity contribution in [3.05, 3.63) is 27.7 Å². The first-order valence-corrected chi connectivity index (χ1v) is 7.63. The molecule has 1 amide bonds. The van der Waals surface area contributed by atoms with E-state index >= 15 is 0 Å². The Bertz CT molecular complexity index is 455. The van der Waals surface area contributed by atoms with Crippen molar-refractivity contribution < 1.29 is 14.6 Å². The summed E-state index contributed by atoms with van der Waals surface area (Å²) in [7, 11) is 0. The van der Waals surface area contributed by atoms with E-state index < -0.39 is 5.54 Å². The number of rotatable bonds is 7. The highest BCUT2D eigenvalue weighted by molar-refractivity contribution is 9.10. The van der Waals surface area contributed by atoms with Crippen LogP contribution in [0.5, 0.6) is 5.75 Å². The molecule has 112 valence electrons. The number of hydrogen-bond acceptors (Lipinski definition) is 3. The Morgan fingerprint density at radius 2 is 2.10 bits per heavy atom. The van der Waals surface area contributed by atoms with Crippen LogP contribution >= 0.6 is 27.5 Å². The van der Waals surface area contributed by atoms with Crippen molar-refractivity contribution in [1.29, 1.82) is 0 Å². The van der Waals surface area contributed by atoms with E-state index in [4.69, 9.17) is 16.3 Å². The molecular formula is C14H19BrClNO3. The van der Waals surface area contributed by atoms with Crippen molar-refractivity contribution in [2.45, 2.75) is 32.2 Å². The topological polar surface area (TPSA) is 58.6 Å². The highest BCUT2D eigenvalue weighted by Gasteiger charge is 2.27. The van der Waals surface area contributed by atoms with E-state index in [-0.39, 0.29) is 19.1 Å². The van der Waals surface area contributed by atoms with Crippen LogP contribution in [0.4, 0.5) is 0 Å². The van der Waals surface area contributed by atoms with Gasteiger partial charge in [-0.2, -0.15) is 0 Å². The number of benzene rings is 1. The highest BCUT2D eigenvalue weighted by atomic mass is 79.9. The lowest BCUT2D eigenvalue weighted by Crippen LogP contribution is -2.51. The summed E-state index contributed by atoms with van der Waals surface area (Å²) in [6.45, 7) is 3.66. The van der Waals surface area contributed by atoms with Gasteiger partial charge in [-0.15, -0.1) is 0 Å². The zero-order valence-corrected chi connectivity index (χ0v) is 13.9. The number of nitrogens with one attached hydrogen (secondary N) is 1. The van der Waals surface area contributed by atoms with Gasteiger partial charge in [-0.25, -0.2) is 0 Å². The number of halogens is 2. The van der Waals surface area contributed by atoms with Crippen LogP contribution in [0.2, 0.25) is 5.02 Å². The molecule has 0 aliphatic carbocycles. The zero-order chi connectivity index (χ0) is 15.2. The average Bonchev–Trinajstić information content (AvgIpc) is 2.44. The van der Waals surface area contributed by atoms with Gasteiger partial charge in [0.1, 0.15) is 5.75 Å². The molecule has 0 bridgehead atoms. The molecule has 0 radical (unpaired) electrons. The van der Waals surface area contributed by atoms with Gasteiger partial charge < -0.3 is 15.2 Å². The van der Waals surface area contributed by atoms with Gasteiger partial charge in [-0.3, -0.25) is 4.79 Å². The van der Waals surface area contributed by atoms with Gasteiger partial charge in [-0.05, 0) is 47.0 Å². The molecule has 0 saturated heterocycles. The second kappa shape index (κ2) is 7.86. The summed E-state index contributed by atoms with van der Waals surface area (Å²) in [5, 5.41) is 12.8. The quantitative estimate of drug-likeness (QED) is 0.781. The Balaban J connectivity index is 2.59. The third-order valence-corrected chi connectivity index (χ3v) is 4.17. The average molecular weight is 365 g/mol. The lowest BCUT2D eigenvalue weighted by molar-refractivity contribution is -0.125. The van der Waals surface area contributed by atoms with Gasteiger partial charge in [0.05, 0.1) is 16.6 Å². The molecule has 1 aromatic carbocycles. The van der Waals surface area contributed by atoms with Crippen molar-refractivity contribution in [2.24, 2.45) is 0 Å². The minimum Gasteiger partial charge on any atom is -0.483 e. The van der Waals surface area contributed by atoms with E-state index in [1.165, 1.54) is 0 Å². The van der Waals surface area contributed by atoms with Crippen LogP contribution in [0.25, 0.3) is 0 Å². The molecule has 4 nitrogen and oxygen atoms in total. The smallest absolute Gasteiger partial charge is 0.258 e. The molecule has 0 aliphatic rings. The SMILES string of the molecule is CCC(CC)(CO)NC(=O)COc1ccc(Cl)cc1Br. The largest absolute Gasteiger partial charge is 0.483 e. The first-order chi connectivity index (χ1) is 9.46. The Labute approximate surface area is 132 Å². The molecule has 0 saturated carbocycles. The Morgan fingerprint density at radius 1 is 1.45 bits per heavy atom. The van der Waals surface area contributed by atoms with Crippen LogP contribution in [0.3, 0.4) is 0 Å². The molecule has 0 fully saturated rings. The maximum absolute atomic E-state index is 11.9. The summed E-state index contributed by atoms with van der Waals surface area (Å²) >= 11 is 9.15. The minimum absolute atomic E-state index is 0.0869. The molecule has 1 rings (SSSR count). The van der Waals surface area contributed by atoms with Crippen LogP contribution in [0, 0.1) is 0 Å². The molecule has 0 aromatic heterocycles. The molecule has 6 heteroatoms. The lowest BCUT2D eigenvalue weighted by Gasteiger charge is -2.30. The van der Waals surface area contributed by atoms with Crippen molar-refractivity contribution in [3.63, 3.8) is 0 Å². The molecule has 1 aromatic rings. The Kier molecular flexibility index (Phi) is 6.79. The number of hydrogen-bond donors (Lipinski definition) is 2. The number of amides is 1. The molecule has 0 atom stereocenters. The summed E-state index contributed by atoms with van der Waals surface area (Å²) in [5.74, 6) is 0.289.